The number of alkyl halides is 3. The Hall–Kier alpha value is -2.35. The zero-order valence-electron chi connectivity index (χ0n) is 12.2. The monoisotopic (exact) mass is 356 g/mol. The summed E-state index contributed by atoms with van der Waals surface area (Å²) in [6.45, 7) is 0. The quantitative estimate of drug-likeness (QED) is 0.874. The Balaban J connectivity index is 1.85. The highest BCUT2D eigenvalue weighted by Gasteiger charge is 2.34. The van der Waals surface area contributed by atoms with Crippen molar-refractivity contribution in [2.45, 2.75) is 25.1 Å². The lowest BCUT2D eigenvalue weighted by atomic mass is 10.1. The van der Waals surface area contributed by atoms with E-state index in [4.69, 9.17) is 11.6 Å². The van der Waals surface area contributed by atoms with E-state index in [-0.39, 0.29) is 34.3 Å². The minimum Gasteiger partial charge on any atom is -0.348 e. The minimum absolute atomic E-state index is 0.0358. The predicted octanol–water partition coefficient (Wildman–Crippen LogP) is 3.78. The van der Waals surface area contributed by atoms with Gasteiger partial charge in [-0.2, -0.15) is 13.2 Å². The van der Waals surface area contributed by atoms with Crippen LogP contribution in [0.5, 0.6) is 0 Å². The first-order chi connectivity index (χ1) is 11.3. The molecule has 1 amide bonds. The molecular weight excluding hydrogens is 345 g/mol. The number of hydrogen-bond donors (Lipinski definition) is 2. The highest BCUT2D eigenvalue weighted by molar-refractivity contribution is 6.30. The molecule has 3 rings (SSSR count). The van der Waals surface area contributed by atoms with E-state index in [1.54, 1.807) is 0 Å². The summed E-state index contributed by atoms with van der Waals surface area (Å²) in [5, 5.41) is 5.20. The van der Waals surface area contributed by atoms with Crippen LogP contribution in [0, 0.1) is 0 Å². The number of carbonyl (C=O) groups is 1. The number of benzene rings is 1. The summed E-state index contributed by atoms with van der Waals surface area (Å²) in [4.78, 5) is 19.8. The lowest BCUT2D eigenvalue weighted by molar-refractivity contribution is -0.136. The highest BCUT2D eigenvalue weighted by atomic mass is 35.5. The molecule has 1 aliphatic rings. The molecule has 1 aromatic carbocycles. The lowest BCUT2D eigenvalue weighted by Gasteiger charge is -2.14. The molecule has 0 radical (unpaired) electrons. The lowest BCUT2D eigenvalue weighted by Crippen LogP contribution is -2.26. The molecule has 1 saturated carbocycles. The van der Waals surface area contributed by atoms with E-state index < -0.39 is 11.7 Å². The maximum absolute atomic E-state index is 13.1. The van der Waals surface area contributed by atoms with Crippen LogP contribution in [0.3, 0.4) is 0 Å². The van der Waals surface area contributed by atoms with E-state index in [1.807, 2.05) is 0 Å². The Morgan fingerprint density at radius 1 is 1.25 bits per heavy atom. The average molecular weight is 357 g/mol. The smallest absolute Gasteiger partial charge is 0.348 e. The molecule has 1 heterocycles. The van der Waals surface area contributed by atoms with Crippen LogP contribution < -0.4 is 10.6 Å². The van der Waals surface area contributed by atoms with Crippen LogP contribution in [0.2, 0.25) is 5.02 Å². The molecule has 0 unspecified atom stereocenters. The summed E-state index contributed by atoms with van der Waals surface area (Å²) in [6.07, 6.45) is -1.45. The number of aromatic nitrogens is 2. The van der Waals surface area contributed by atoms with Crippen LogP contribution in [-0.4, -0.2) is 21.9 Å². The number of hydrogen-bond acceptors (Lipinski definition) is 4. The molecule has 1 fully saturated rings. The molecule has 0 saturated heterocycles. The Labute approximate surface area is 140 Å². The van der Waals surface area contributed by atoms with Crippen molar-refractivity contribution in [3.8, 4) is 0 Å². The van der Waals surface area contributed by atoms with Gasteiger partial charge in [0.1, 0.15) is 5.69 Å². The van der Waals surface area contributed by atoms with Crippen molar-refractivity contribution in [1.82, 2.24) is 15.3 Å². The number of amides is 1. The van der Waals surface area contributed by atoms with Gasteiger partial charge in [0.15, 0.2) is 0 Å². The minimum atomic E-state index is -4.59. The number of rotatable bonds is 4. The van der Waals surface area contributed by atoms with Gasteiger partial charge < -0.3 is 10.6 Å². The van der Waals surface area contributed by atoms with Gasteiger partial charge in [0.2, 0.25) is 5.95 Å². The predicted molar refractivity (Wildman–Crippen MR) is 82.3 cm³/mol. The fourth-order valence-electron chi connectivity index (χ4n) is 2.01. The number of nitrogens with zero attached hydrogens (tertiary/aromatic N) is 2. The molecule has 1 aliphatic carbocycles. The summed E-state index contributed by atoms with van der Waals surface area (Å²) < 4.78 is 39.3. The Kier molecular flexibility index (Phi) is 4.31. The first kappa shape index (κ1) is 16.5. The van der Waals surface area contributed by atoms with Gasteiger partial charge in [-0.15, -0.1) is 0 Å². The third-order valence-electron chi connectivity index (χ3n) is 3.33. The molecule has 2 aromatic rings. The van der Waals surface area contributed by atoms with Crippen LogP contribution in [-0.2, 0) is 6.18 Å². The third-order valence-corrected chi connectivity index (χ3v) is 3.57. The van der Waals surface area contributed by atoms with Crippen molar-refractivity contribution in [2.75, 3.05) is 5.32 Å². The SMILES string of the molecule is O=C(NC1CC1)c1ccnc(Nc2ccc(Cl)cc2C(F)(F)F)n1. The van der Waals surface area contributed by atoms with Crippen LogP contribution in [0.1, 0.15) is 28.9 Å². The van der Waals surface area contributed by atoms with Gasteiger partial charge in [-0.05, 0) is 37.1 Å². The van der Waals surface area contributed by atoms with Gasteiger partial charge in [0.25, 0.3) is 5.91 Å². The van der Waals surface area contributed by atoms with Crippen LogP contribution in [0.25, 0.3) is 0 Å². The second-order valence-electron chi connectivity index (χ2n) is 5.33. The number of anilines is 2. The van der Waals surface area contributed by atoms with Gasteiger partial charge in [0, 0.05) is 17.3 Å². The van der Waals surface area contributed by atoms with Crippen molar-refractivity contribution in [3.63, 3.8) is 0 Å². The van der Waals surface area contributed by atoms with E-state index in [9.17, 15) is 18.0 Å². The largest absolute Gasteiger partial charge is 0.418 e. The van der Waals surface area contributed by atoms with Gasteiger partial charge >= 0.3 is 6.18 Å². The molecule has 9 heteroatoms. The second kappa shape index (κ2) is 6.27. The molecule has 126 valence electrons. The van der Waals surface area contributed by atoms with E-state index in [2.05, 4.69) is 20.6 Å². The first-order valence-electron chi connectivity index (χ1n) is 7.10. The van der Waals surface area contributed by atoms with E-state index in [0.29, 0.717) is 0 Å². The van der Waals surface area contributed by atoms with Crippen molar-refractivity contribution < 1.29 is 18.0 Å². The Bertz CT molecular complexity index is 778. The molecule has 2 N–H and O–H groups in total. The molecule has 0 bridgehead atoms. The number of carbonyl (C=O) groups excluding carboxylic acids is 1. The normalized spacial score (nSPS) is 14.3. The fraction of sp³-hybridized carbons (Fsp3) is 0.267. The summed E-state index contributed by atoms with van der Waals surface area (Å²) in [6, 6.07) is 4.87. The molecule has 0 atom stereocenters. The van der Waals surface area contributed by atoms with Crippen molar-refractivity contribution in [3.05, 3.63) is 46.7 Å². The van der Waals surface area contributed by atoms with Crippen LogP contribution >= 0.6 is 11.6 Å². The summed E-state index contributed by atoms with van der Waals surface area (Å²) in [5.41, 5.74) is -1.10. The molecular formula is C15H12ClF3N4O. The van der Waals surface area contributed by atoms with E-state index >= 15 is 0 Å². The molecule has 0 spiro atoms. The Morgan fingerprint density at radius 2 is 2.00 bits per heavy atom. The molecule has 5 nitrogen and oxygen atoms in total. The molecule has 1 aromatic heterocycles. The maximum atomic E-state index is 13.1. The Morgan fingerprint density at radius 3 is 2.67 bits per heavy atom. The van der Waals surface area contributed by atoms with Gasteiger partial charge in [-0.3, -0.25) is 4.79 Å². The second-order valence-corrected chi connectivity index (χ2v) is 5.76. The van der Waals surface area contributed by atoms with Crippen molar-refractivity contribution >= 4 is 29.1 Å². The van der Waals surface area contributed by atoms with Gasteiger partial charge in [-0.25, -0.2) is 9.97 Å². The number of nitrogens with one attached hydrogen (secondary N) is 2. The van der Waals surface area contributed by atoms with Crippen LogP contribution in [0.4, 0.5) is 24.8 Å². The number of halogens is 4. The maximum Gasteiger partial charge on any atom is 0.418 e. The zero-order chi connectivity index (χ0) is 17.3. The molecule has 24 heavy (non-hydrogen) atoms. The summed E-state index contributed by atoms with van der Waals surface area (Å²) in [7, 11) is 0. The van der Waals surface area contributed by atoms with Crippen LogP contribution in [0.15, 0.2) is 30.5 Å². The van der Waals surface area contributed by atoms with E-state index in [1.165, 1.54) is 24.4 Å². The zero-order valence-corrected chi connectivity index (χ0v) is 12.9. The standard InChI is InChI=1S/C15H12ClF3N4O/c16-8-1-4-11(10(7-8)15(17,18)19)22-14-20-6-5-12(23-14)13(24)21-9-2-3-9/h1,4-7,9H,2-3H2,(H,21,24)(H,20,22,23). The van der Waals surface area contributed by atoms with Crippen molar-refractivity contribution in [2.24, 2.45) is 0 Å². The van der Waals surface area contributed by atoms with Crippen molar-refractivity contribution in [1.29, 1.82) is 0 Å². The molecule has 0 aliphatic heterocycles. The third kappa shape index (κ3) is 3.94. The van der Waals surface area contributed by atoms with E-state index in [0.717, 1.165) is 18.9 Å². The summed E-state index contributed by atoms with van der Waals surface area (Å²) >= 11 is 5.64. The fourth-order valence-corrected chi connectivity index (χ4v) is 2.18. The summed E-state index contributed by atoms with van der Waals surface area (Å²) in [5.74, 6) is -0.485. The average Bonchev–Trinajstić information content (AvgIpc) is 3.32. The topological polar surface area (TPSA) is 66.9 Å². The van der Waals surface area contributed by atoms with Gasteiger partial charge in [-0.1, -0.05) is 11.6 Å². The highest BCUT2D eigenvalue weighted by Crippen LogP contribution is 2.37. The first-order valence-corrected chi connectivity index (χ1v) is 7.48. The van der Waals surface area contributed by atoms with Gasteiger partial charge in [0.05, 0.1) is 11.3 Å².